The van der Waals surface area contributed by atoms with Gasteiger partial charge in [0.1, 0.15) is 5.75 Å². The average Bonchev–Trinajstić information content (AvgIpc) is 2.52. The zero-order valence-corrected chi connectivity index (χ0v) is 13.9. The van der Waals surface area contributed by atoms with Gasteiger partial charge >= 0.3 is 0 Å². The zero-order chi connectivity index (χ0) is 15.1. The van der Waals surface area contributed by atoms with E-state index in [0.29, 0.717) is 6.54 Å². The van der Waals surface area contributed by atoms with Crippen LogP contribution in [0.15, 0.2) is 48.5 Å². The van der Waals surface area contributed by atoms with Crippen molar-refractivity contribution < 1.29 is 9.53 Å². The number of carbonyl (C=O) groups is 1. The van der Waals surface area contributed by atoms with Crippen LogP contribution in [0.4, 0.5) is 5.69 Å². The summed E-state index contributed by atoms with van der Waals surface area (Å²) in [5.41, 5.74) is 2.01. The Hall–Kier alpha value is -1.76. The molecule has 2 rings (SSSR count). The smallest absolute Gasteiger partial charge is 0.239 e. The molecule has 0 saturated carbocycles. The summed E-state index contributed by atoms with van der Waals surface area (Å²) in [7, 11) is 1.63. The van der Waals surface area contributed by atoms with E-state index in [4.69, 9.17) is 4.74 Å². The Labute approximate surface area is 138 Å². The molecule has 2 aromatic carbocycles. The van der Waals surface area contributed by atoms with Crippen molar-refractivity contribution in [3.8, 4) is 5.75 Å². The Balaban J connectivity index is 1.78. The third kappa shape index (κ3) is 4.93. The first kappa shape index (κ1) is 15.6. The molecule has 0 spiro atoms. The van der Waals surface area contributed by atoms with E-state index in [1.807, 2.05) is 48.5 Å². The molecule has 0 aromatic heterocycles. The van der Waals surface area contributed by atoms with E-state index in [-0.39, 0.29) is 12.5 Å². The second kappa shape index (κ2) is 7.87. The summed E-state index contributed by atoms with van der Waals surface area (Å²) in [5.74, 6) is 0.774. The van der Waals surface area contributed by atoms with Crippen LogP contribution < -0.4 is 15.4 Å². The molecule has 4 nitrogen and oxygen atoms in total. The highest BCUT2D eigenvalue weighted by Crippen LogP contribution is 2.16. The number of ether oxygens (including phenoxy) is 1. The van der Waals surface area contributed by atoms with Crippen molar-refractivity contribution in [2.24, 2.45) is 0 Å². The lowest BCUT2D eigenvalue weighted by Crippen LogP contribution is -2.29. The minimum Gasteiger partial charge on any atom is -0.497 e. The van der Waals surface area contributed by atoms with Crippen molar-refractivity contribution in [3.05, 3.63) is 57.7 Å². The van der Waals surface area contributed by atoms with Gasteiger partial charge in [0.15, 0.2) is 0 Å². The van der Waals surface area contributed by atoms with Gasteiger partial charge < -0.3 is 15.4 Å². The van der Waals surface area contributed by atoms with Crippen molar-refractivity contribution in [2.45, 2.75) is 6.54 Å². The van der Waals surface area contributed by atoms with Gasteiger partial charge in [0.25, 0.3) is 0 Å². The van der Waals surface area contributed by atoms with Crippen LogP contribution >= 0.6 is 22.6 Å². The number of benzene rings is 2. The summed E-state index contributed by atoms with van der Waals surface area (Å²) < 4.78 is 6.19. The van der Waals surface area contributed by atoms with Crippen LogP contribution in [0.1, 0.15) is 5.56 Å². The number of hydrogen-bond acceptors (Lipinski definition) is 3. The predicted molar refractivity (Wildman–Crippen MR) is 92.5 cm³/mol. The number of para-hydroxylation sites is 1. The summed E-state index contributed by atoms with van der Waals surface area (Å²) in [6, 6.07) is 15.5. The maximum Gasteiger partial charge on any atom is 0.239 e. The van der Waals surface area contributed by atoms with Crippen LogP contribution in [0.25, 0.3) is 0 Å². The lowest BCUT2D eigenvalue weighted by Gasteiger charge is -2.09. The monoisotopic (exact) mass is 396 g/mol. The maximum atomic E-state index is 11.8. The number of halogens is 1. The normalized spacial score (nSPS) is 10.0. The quantitative estimate of drug-likeness (QED) is 0.739. The Kier molecular flexibility index (Phi) is 5.86. The van der Waals surface area contributed by atoms with Crippen LogP contribution in [0.5, 0.6) is 5.75 Å². The second-order valence-electron chi connectivity index (χ2n) is 4.46. The number of hydrogen-bond donors (Lipinski definition) is 2. The van der Waals surface area contributed by atoms with Gasteiger partial charge in [0.2, 0.25) is 5.91 Å². The molecule has 0 bridgehead atoms. The first-order chi connectivity index (χ1) is 10.2. The van der Waals surface area contributed by atoms with Crippen molar-refractivity contribution >= 4 is 34.2 Å². The summed E-state index contributed by atoms with van der Waals surface area (Å²) in [5, 5.41) is 6.01. The maximum absolute atomic E-state index is 11.8. The Morgan fingerprint density at radius 3 is 2.52 bits per heavy atom. The standard InChI is InChI=1S/C16H17IN2O2/c1-21-13-8-6-12(7-9-13)10-19-16(20)11-18-15-5-3-2-4-14(15)17/h2-9,18H,10-11H2,1H3,(H,19,20). The first-order valence-corrected chi connectivity index (χ1v) is 7.65. The molecular weight excluding hydrogens is 379 g/mol. The molecule has 0 heterocycles. The highest BCUT2D eigenvalue weighted by Gasteiger charge is 2.03. The molecule has 110 valence electrons. The van der Waals surface area contributed by atoms with Crippen molar-refractivity contribution in [1.82, 2.24) is 5.32 Å². The molecule has 5 heteroatoms. The molecule has 2 aromatic rings. The van der Waals surface area contributed by atoms with E-state index in [1.165, 1.54) is 0 Å². The number of methoxy groups -OCH3 is 1. The Bertz CT molecular complexity index is 599. The number of rotatable bonds is 6. The summed E-state index contributed by atoms with van der Waals surface area (Å²) in [6.07, 6.45) is 0. The number of nitrogens with one attached hydrogen (secondary N) is 2. The van der Waals surface area contributed by atoms with Crippen LogP contribution in [0.2, 0.25) is 0 Å². The number of carbonyl (C=O) groups excluding carboxylic acids is 1. The third-order valence-electron chi connectivity index (χ3n) is 2.96. The lowest BCUT2D eigenvalue weighted by atomic mass is 10.2. The molecule has 0 aliphatic heterocycles. The van der Waals surface area contributed by atoms with Gasteiger partial charge in [-0.1, -0.05) is 24.3 Å². The van der Waals surface area contributed by atoms with Crippen LogP contribution in [-0.2, 0) is 11.3 Å². The van der Waals surface area contributed by atoms with Gasteiger partial charge in [-0.15, -0.1) is 0 Å². The lowest BCUT2D eigenvalue weighted by molar-refractivity contribution is -0.119. The fraction of sp³-hybridized carbons (Fsp3) is 0.188. The minimum atomic E-state index is -0.0366. The van der Waals surface area contributed by atoms with E-state index in [2.05, 4.69) is 33.2 Å². The highest BCUT2D eigenvalue weighted by atomic mass is 127. The highest BCUT2D eigenvalue weighted by molar-refractivity contribution is 14.1. The molecule has 0 atom stereocenters. The SMILES string of the molecule is COc1ccc(CNC(=O)CNc2ccccc2I)cc1. The van der Waals surface area contributed by atoms with Gasteiger partial charge in [-0.05, 0) is 52.4 Å². The van der Waals surface area contributed by atoms with Gasteiger partial charge in [-0.25, -0.2) is 0 Å². The Morgan fingerprint density at radius 1 is 1.14 bits per heavy atom. The topological polar surface area (TPSA) is 50.4 Å². The van der Waals surface area contributed by atoms with Crippen LogP contribution in [-0.4, -0.2) is 19.6 Å². The first-order valence-electron chi connectivity index (χ1n) is 6.57. The summed E-state index contributed by atoms with van der Waals surface area (Å²) >= 11 is 2.24. The molecular formula is C16H17IN2O2. The third-order valence-corrected chi connectivity index (χ3v) is 3.90. The van der Waals surface area contributed by atoms with Crippen molar-refractivity contribution in [1.29, 1.82) is 0 Å². The van der Waals surface area contributed by atoms with E-state index < -0.39 is 0 Å². The van der Waals surface area contributed by atoms with Gasteiger partial charge in [0, 0.05) is 15.8 Å². The summed E-state index contributed by atoms with van der Waals surface area (Å²) in [6.45, 7) is 0.770. The van der Waals surface area contributed by atoms with Crippen LogP contribution in [0, 0.1) is 3.57 Å². The predicted octanol–water partition coefficient (Wildman–Crippen LogP) is 3.03. The van der Waals surface area contributed by atoms with E-state index >= 15 is 0 Å². The minimum absolute atomic E-state index is 0.0366. The van der Waals surface area contributed by atoms with Crippen LogP contribution in [0.3, 0.4) is 0 Å². The van der Waals surface area contributed by atoms with Gasteiger partial charge in [0.05, 0.1) is 13.7 Å². The van der Waals surface area contributed by atoms with E-state index in [0.717, 1.165) is 20.6 Å². The van der Waals surface area contributed by atoms with Crippen molar-refractivity contribution in [3.63, 3.8) is 0 Å². The fourth-order valence-corrected chi connectivity index (χ4v) is 2.36. The van der Waals surface area contributed by atoms with E-state index in [1.54, 1.807) is 7.11 Å². The molecule has 21 heavy (non-hydrogen) atoms. The zero-order valence-electron chi connectivity index (χ0n) is 11.7. The van der Waals surface area contributed by atoms with Gasteiger partial charge in [-0.3, -0.25) is 4.79 Å². The molecule has 1 amide bonds. The largest absolute Gasteiger partial charge is 0.497 e. The molecule has 2 N–H and O–H groups in total. The molecule has 0 fully saturated rings. The fourth-order valence-electron chi connectivity index (χ4n) is 1.79. The number of anilines is 1. The molecule has 0 unspecified atom stereocenters. The second-order valence-corrected chi connectivity index (χ2v) is 5.62. The molecule has 0 radical (unpaired) electrons. The Morgan fingerprint density at radius 2 is 1.86 bits per heavy atom. The van der Waals surface area contributed by atoms with E-state index in [9.17, 15) is 4.79 Å². The molecule has 0 aliphatic rings. The number of amides is 1. The summed E-state index contributed by atoms with van der Waals surface area (Å²) in [4.78, 5) is 11.8. The van der Waals surface area contributed by atoms with Gasteiger partial charge in [-0.2, -0.15) is 0 Å². The van der Waals surface area contributed by atoms with Crippen molar-refractivity contribution in [2.75, 3.05) is 19.0 Å². The molecule has 0 aliphatic carbocycles. The average molecular weight is 396 g/mol. The molecule has 0 saturated heterocycles.